The highest BCUT2D eigenvalue weighted by atomic mass is 19.4. The Morgan fingerprint density at radius 2 is 1.24 bits per heavy atom. The Bertz CT molecular complexity index is 1110. The first kappa shape index (κ1) is 25.7. The van der Waals surface area contributed by atoms with Crippen LogP contribution in [0.1, 0.15) is 51.5 Å². The van der Waals surface area contributed by atoms with E-state index in [2.05, 4.69) is 11.7 Å². The van der Waals surface area contributed by atoms with Gasteiger partial charge in [-0.3, -0.25) is 0 Å². The average molecular weight is 480 g/mol. The maximum atomic E-state index is 14.8. The summed E-state index contributed by atoms with van der Waals surface area (Å²) in [6.45, 7) is 2.27. The molecule has 0 radical (unpaired) electrons. The normalized spacial score (nSPS) is 18.3. The molecule has 3 aromatic rings. The third-order valence-electron chi connectivity index (χ3n) is 6.23. The van der Waals surface area contributed by atoms with Crippen LogP contribution in [0.25, 0.3) is 22.3 Å². The fraction of sp³-hybridized carbons (Fsp3) is 0.333. The molecule has 34 heavy (non-hydrogen) atoms. The van der Waals surface area contributed by atoms with Crippen molar-refractivity contribution in [2.45, 2.75) is 52.3 Å². The minimum atomic E-state index is -5.25. The zero-order valence-electron chi connectivity index (χ0n) is 17.9. The van der Waals surface area contributed by atoms with Gasteiger partial charge < -0.3 is 4.74 Å². The van der Waals surface area contributed by atoms with Gasteiger partial charge in [0.05, 0.1) is 0 Å². The highest BCUT2D eigenvalue weighted by Gasteiger charge is 2.34. The molecule has 0 aliphatic heterocycles. The molecule has 182 valence electrons. The number of ether oxygens (including phenoxy) is 1. The zero-order valence-corrected chi connectivity index (χ0v) is 17.9. The highest BCUT2D eigenvalue weighted by molar-refractivity contribution is 5.71. The molecule has 1 nitrogen and oxygen atoms in total. The van der Waals surface area contributed by atoms with Crippen LogP contribution in [0.5, 0.6) is 5.75 Å². The molecule has 0 spiro atoms. The topological polar surface area (TPSA) is 9.23 Å². The third-order valence-corrected chi connectivity index (χ3v) is 6.23. The molecule has 0 saturated heterocycles. The van der Waals surface area contributed by atoms with Gasteiger partial charge in [-0.1, -0.05) is 63.6 Å². The lowest BCUT2D eigenvalue weighted by Gasteiger charge is -2.26. The van der Waals surface area contributed by atoms with Crippen LogP contribution in [-0.4, -0.2) is 6.36 Å². The summed E-state index contributed by atoms with van der Waals surface area (Å²) in [7, 11) is 0. The van der Waals surface area contributed by atoms with Crippen molar-refractivity contribution in [1.29, 1.82) is 0 Å². The molecule has 4 rings (SSSR count). The van der Waals surface area contributed by atoms with Gasteiger partial charge in [0, 0.05) is 5.56 Å². The molecule has 0 atom stereocenters. The number of alkyl halides is 3. The Morgan fingerprint density at radius 1 is 0.706 bits per heavy atom. The second kappa shape index (κ2) is 10.1. The molecule has 0 N–H and O–H groups in total. The van der Waals surface area contributed by atoms with Crippen molar-refractivity contribution in [3.63, 3.8) is 0 Å². The minimum Gasteiger partial charge on any atom is -0.399 e. The van der Waals surface area contributed by atoms with Gasteiger partial charge in [0.15, 0.2) is 11.6 Å². The summed E-state index contributed by atoms with van der Waals surface area (Å²) in [6.07, 6.45) is -0.512. The summed E-state index contributed by atoms with van der Waals surface area (Å²) in [4.78, 5) is 0. The largest absolute Gasteiger partial charge is 0.573 e. The van der Waals surface area contributed by atoms with Crippen molar-refractivity contribution < 1.29 is 31.1 Å². The van der Waals surface area contributed by atoms with Crippen LogP contribution in [0.2, 0.25) is 0 Å². The summed E-state index contributed by atoms with van der Waals surface area (Å²) in [5, 5.41) is 0. The summed E-state index contributed by atoms with van der Waals surface area (Å²) < 4.78 is 83.2. The predicted octanol–water partition coefficient (Wildman–Crippen LogP) is 9.27. The van der Waals surface area contributed by atoms with Gasteiger partial charge in [0.2, 0.25) is 5.75 Å². The van der Waals surface area contributed by atoms with E-state index in [1.165, 1.54) is 30.5 Å². The smallest absolute Gasteiger partial charge is 0.399 e. The van der Waals surface area contributed by atoms with Crippen LogP contribution in [-0.2, 0) is 0 Å². The fourth-order valence-electron chi connectivity index (χ4n) is 4.40. The van der Waals surface area contributed by atoms with Crippen molar-refractivity contribution in [1.82, 2.24) is 0 Å². The van der Waals surface area contributed by atoms with E-state index in [0.717, 1.165) is 24.3 Å². The molecule has 1 saturated carbocycles. The lowest BCUT2D eigenvalue weighted by Crippen LogP contribution is -2.19. The SMILES string of the molecule is C.CC1CCC(c2ccc(-c3ccc(-c4cc(F)c(OC(F)(F)F)c(F)c4)c(F)c3)cc2)CC1. The lowest BCUT2D eigenvalue weighted by atomic mass is 9.79. The van der Waals surface area contributed by atoms with Crippen LogP contribution in [0, 0.1) is 23.4 Å². The quantitative estimate of drug-likeness (QED) is 0.338. The van der Waals surface area contributed by atoms with Crippen molar-refractivity contribution in [2.24, 2.45) is 5.92 Å². The van der Waals surface area contributed by atoms with Crippen LogP contribution in [0.15, 0.2) is 54.6 Å². The molecule has 7 heteroatoms. The number of rotatable bonds is 4. The first-order chi connectivity index (χ1) is 15.6. The van der Waals surface area contributed by atoms with Gasteiger partial charge in [-0.05, 0) is 65.1 Å². The van der Waals surface area contributed by atoms with E-state index in [1.54, 1.807) is 6.07 Å². The number of halogens is 6. The second-order valence-electron chi connectivity index (χ2n) is 8.59. The van der Waals surface area contributed by atoms with Gasteiger partial charge in [0.1, 0.15) is 5.82 Å². The van der Waals surface area contributed by atoms with E-state index in [1.807, 2.05) is 24.3 Å². The average Bonchev–Trinajstić information content (AvgIpc) is 2.76. The van der Waals surface area contributed by atoms with E-state index in [4.69, 9.17) is 0 Å². The first-order valence-corrected chi connectivity index (χ1v) is 10.8. The Kier molecular flexibility index (Phi) is 7.64. The highest BCUT2D eigenvalue weighted by Crippen LogP contribution is 2.37. The van der Waals surface area contributed by atoms with Crippen LogP contribution in [0.4, 0.5) is 26.3 Å². The number of hydrogen-bond donors (Lipinski definition) is 0. The molecule has 0 amide bonds. The molecule has 1 aliphatic carbocycles. The van der Waals surface area contributed by atoms with Crippen molar-refractivity contribution in [2.75, 3.05) is 0 Å². The molecule has 1 fully saturated rings. The van der Waals surface area contributed by atoms with Gasteiger partial charge in [-0.25, -0.2) is 13.2 Å². The number of benzene rings is 3. The molecule has 0 unspecified atom stereocenters. The van der Waals surface area contributed by atoms with E-state index in [-0.39, 0.29) is 18.6 Å². The molecule has 1 aliphatic rings. The van der Waals surface area contributed by atoms with Gasteiger partial charge in [-0.15, -0.1) is 13.2 Å². The molecule has 0 bridgehead atoms. The molecule has 3 aromatic carbocycles. The predicted molar refractivity (Wildman–Crippen MR) is 121 cm³/mol. The van der Waals surface area contributed by atoms with Crippen molar-refractivity contribution in [3.8, 4) is 28.0 Å². The maximum absolute atomic E-state index is 14.8. The van der Waals surface area contributed by atoms with E-state index < -0.39 is 29.6 Å². The Hall–Kier alpha value is -2.96. The molecule has 0 heterocycles. The Labute approximate surface area is 195 Å². The summed E-state index contributed by atoms with van der Waals surface area (Å²) in [6, 6.07) is 13.4. The van der Waals surface area contributed by atoms with Crippen molar-refractivity contribution in [3.05, 3.63) is 77.6 Å². The molecular formula is C27H26F6O. The monoisotopic (exact) mass is 480 g/mol. The fourth-order valence-corrected chi connectivity index (χ4v) is 4.40. The second-order valence-corrected chi connectivity index (χ2v) is 8.59. The first-order valence-electron chi connectivity index (χ1n) is 10.8. The maximum Gasteiger partial charge on any atom is 0.573 e. The van der Waals surface area contributed by atoms with E-state index >= 15 is 0 Å². The zero-order chi connectivity index (χ0) is 23.8. The summed E-state index contributed by atoms with van der Waals surface area (Å²) in [5.41, 5.74) is 2.26. The van der Waals surface area contributed by atoms with Crippen LogP contribution in [0.3, 0.4) is 0 Å². The van der Waals surface area contributed by atoms with Gasteiger partial charge in [0.25, 0.3) is 0 Å². The minimum absolute atomic E-state index is 0. The Balaban J connectivity index is 0.00000324. The van der Waals surface area contributed by atoms with Gasteiger partial charge >= 0.3 is 6.36 Å². The number of hydrogen-bond acceptors (Lipinski definition) is 1. The Morgan fingerprint density at radius 3 is 1.76 bits per heavy atom. The lowest BCUT2D eigenvalue weighted by molar-refractivity contribution is -0.276. The van der Waals surface area contributed by atoms with E-state index in [0.29, 0.717) is 23.6 Å². The van der Waals surface area contributed by atoms with Crippen LogP contribution >= 0.6 is 0 Å². The van der Waals surface area contributed by atoms with Gasteiger partial charge in [-0.2, -0.15) is 0 Å². The van der Waals surface area contributed by atoms with Crippen molar-refractivity contribution >= 4 is 0 Å². The van der Waals surface area contributed by atoms with E-state index in [9.17, 15) is 26.3 Å². The molecular weight excluding hydrogens is 454 g/mol. The third kappa shape index (κ3) is 5.75. The summed E-state index contributed by atoms with van der Waals surface area (Å²) >= 11 is 0. The molecule has 0 aromatic heterocycles. The standard InChI is InChI=1S/C26H22F6O.CH4/c1-15-2-4-16(5-3-15)17-6-8-18(9-7-17)19-10-11-21(22(27)12-19)20-13-23(28)25(24(29)14-20)33-26(30,31)32;/h6-16H,2-5H2,1H3;1H4. The van der Waals surface area contributed by atoms with Crippen LogP contribution < -0.4 is 4.74 Å². The summed E-state index contributed by atoms with van der Waals surface area (Å²) in [5.74, 6) is -4.17.